The molecule has 0 spiro atoms. The third-order valence-corrected chi connectivity index (χ3v) is 4.59. The Morgan fingerprint density at radius 3 is 2.68 bits per heavy atom. The minimum Gasteiger partial charge on any atom is -0.440 e. The van der Waals surface area contributed by atoms with Crippen molar-refractivity contribution in [3.8, 4) is 0 Å². The van der Waals surface area contributed by atoms with Gasteiger partial charge in [0.2, 0.25) is 0 Å². The topological polar surface area (TPSA) is 98.1 Å². The van der Waals surface area contributed by atoms with Gasteiger partial charge in [-0.25, -0.2) is 14.2 Å². The Morgan fingerprint density at radius 1 is 1.16 bits per heavy atom. The number of carbonyl (C=O) groups is 2. The number of hydrogen-bond acceptors (Lipinski definition) is 6. The third-order valence-electron chi connectivity index (χ3n) is 4.59. The molecular weight excluding hydrogens is 401 g/mol. The van der Waals surface area contributed by atoms with Crippen molar-refractivity contribution in [1.82, 2.24) is 19.9 Å². The molecule has 8 nitrogen and oxygen atoms in total. The number of esters is 1. The first kappa shape index (κ1) is 20.0. The minimum atomic E-state index is -0.613. The van der Waals surface area contributed by atoms with Gasteiger partial charge in [-0.3, -0.25) is 9.78 Å². The van der Waals surface area contributed by atoms with Crippen LogP contribution in [0.5, 0.6) is 0 Å². The summed E-state index contributed by atoms with van der Waals surface area (Å²) in [6.07, 6.45) is 6.18. The number of nitrogens with one attached hydrogen (secondary N) is 2. The molecule has 0 radical (unpaired) electrons. The maximum Gasteiger partial charge on any atom is 0.343 e. The van der Waals surface area contributed by atoms with Gasteiger partial charge in [-0.1, -0.05) is 0 Å². The Balaban J connectivity index is 1.78. The van der Waals surface area contributed by atoms with Crippen molar-refractivity contribution >= 4 is 34.2 Å². The van der Waals surface area contributed by atoms with Crippen molar-refractivity contribution in [2.24, 2.45) is 0 Å². The quantitative estimate of drug-likeness (QED) is 0.464. The lowest BCUT2D eigenvalue weighted by molar-refractivity contribution is 0.0372. The smallest absolute Gasteiger partial charge is 0.343 e. The van der Waals surface area contributed by atoms with Crippen LogP contribution in [0.25, 0.3) is 10.9 Å². The van der Waals surface area contributed by atoms with Crippen LogP contribution in [0.2, 0.25) is 0 Å². The average Bonchev–Trinajstić information content (AvgIpc) is 3.32. The van der Waals surface area contributed by atoms with Gasteiger partial charge in [0.15, 0.2) is 6.73 Å². The molecule has 2 heterocycles. The number of fused-ring (bicyclic) bond motifs is 1. The number of ether oxygens (including phenoxy) is 1. The van der Waals surface area contributed by atoms with E-state index in [1.165, 1.54) is 31.7 Å². The minimum absolute atomic E-state index is 0.0227. The molecule has 2 N–H and O–H groups in total. The number of nitrogens with zero attached hydrogens (tertiary/aromatic N) is 3. The number of carbonyl (C=O) groups excluding carboxylic acids is 2. The zero-order valence-corrected chi connectivity index (χ0v) is 16.5. The zero-order valence-electron chi connectivity index (χ0n) is 16.5. The molecule has 1 amide bonds. The molecule has 0 fully saturated rings. The highest BCUT2D eigenvalue weighted by atomic mass is 19.1. The third kappa shape index (κ3) is 4.35. The van der Waals surface area contributed by atoms with Crippen molar-refractivity contribution in [1.29, 1.82) is 0 Å². The first-order valence-corrected chi connectivity index (χ1v) is 9.35. The van der Waals surface area contributed by atoms with E-state index in [0.29, 0.717) is 27.8 Å². The van der Waals surface area contributed by atoms with Gasteiger partial charge in [-0.2, -0.15) is 0 Å². The maximum atomic E-state index is 13.3. The van der Waals surface area contributed by atoms with Crippen molar-refractivity contribution in [2.45, 2.75) is 6.73 Å². The summed E-state index contributed by atoms with van der Waals surface area (Å²) in [5, 5.41) is 6.26. The second-order valence-corrected chi connectivity index (χ2v) is 6.63. The van der Waals surface area contributed by atoms with Crippen molar-refractivity contribution < 1.29 is 18.7 Å². The van der Waals surface area contributed by atoms with Crippen LogP contribution in [-0.2, 0) is 11.5 Å². The molecule has 4 rings (SSSR count). The van der Waals surface area contributed by atoms with Gasteiger partial charge < -0.3 is 19.9 Å². The Morgan fingerprint density at radius 2 is 1.97 bits per heavy atom. The van der Waals surface area contributed by atoms with Gasteiger partial charge in [0, 0.05) is 42.3 Å². The van der Waals surface area contributed by atoms with Crippen LogP contribution >= 0.6 is 0 Å². The standard InChI is InChI=1S/C22H18FN5O3/c1-24-21(29)14-2-7-19-17(10-14)20(27-16-5-3-15(23)4-6-16)18(11-26-19)22(30)31-13-28-9-8-25-12-28/h2-12H,13H2,1H3,(H,24,29)(H,26,27). The predicted octanol–water partition coefficient (Wildman–Crippen LogP) is 3.49. The fourth-order valence-corrected chi connectivity index (χ4v) is 3.02. The van der Waals surface area contributed by atoms with E-state index in [2.05, 4.69) is 20.6 Å². The molecule has 9 heteroatoms. The number of rotatable bonds is 6. The zero-order chi connectivity index (χ0) is 21.8. The number of anilines is 2. The molecule has 0 aliphatic rings. The summed E-state index contributed by atoms with van der Waals surface area (Å²) in [6.45, 7) is -0.0227. The average molecular weight is 419 g/mol. The molecule has 2 aromatic carbocycles. The molecule has 0 aliphatic heterocycles. The number of amides is 1. The van der Waals surface area contributed by atoms with E-state index in [0.717, 1.165) is 0 Å². The largest absolute Gasteiger partial charge is 0.440 e. The normalized spacial score (nSPS) is 10.6. The predicted molar refractivity (Wildman–Crippen MR) is 112 cm³/mol. The first-order chi connectivity index (χ1) is 15.0. The first-order valence-electron chi connectivity index (χ1n) is 9.35. The Hall–Kier alpha value is -4.27. The number of aromatic nitrogens is 3. The highest BCUT2D eigenvalue weighted by molar-refractivity contribution is 6.08. The second-order valence-electron chi connectivity index (χ2n) is 6.63. The summed E-state index contributed by atoms with van der Waals surface area (Å²) >= 11 is 0. The van der Waals surface area contributed by atoms with Crippen LogP contribution in [0.4, 0.5) is 15.8 Å². The van der Waals surface area contributed by atoms with Gasteiger partial charge in [0.1, 0.15) is 11.4 Å². The SMILES string of the molecule is CNC(=O)c1ccc2ncc(C(=O)OCn3ccnc3)c(Nc3ccc(F)cc3)c2c1. The summed E-state index contributed by atoms with van der Waals surface area (Å²) in [7, 11) is 1.53. The van der Waals surface area contributed by atoms with E-state index in [1.807, 2.05) is 0 Å². The van der Waals surface area contributed by atoms with Gasteiger partial charge in [0.25, 0.3) is 5.91 Å². The molecule has 31 heavy (non-hydrogen) atoms. The van der Waals surface area contributed by atoms with Gasteiger partial charge in [-0.05, 0) is 42.5 Å². The fourth-order valence-electron chi connectivity index (χ4n) is 3.02. The Kier molecular flexibility index (Phi) is 5.57. The molecule has 0 unspecified atom stereocenters. The number of halogens is 1. The van der Waals surface area contributed by atoms with Crippen LogP contribution in [0, 0.1) is 5.82 Å². The number of benzene rings is 2. The molecule has 0 aliphatic carbocycles. The highest BCUT2D eigenvalue weighted by Gasteiger charge is 2.19. The van der Waals surface area contributed by atoms with E-state index in [1.54, 1.807) is 47.3 Å². The molecule has 0 saturated heterocycles. The van der Waals surface area contributed by atoms with Crippen molar-refractivity contribution in [2.75, 3.05) is 12.4 Å². The Bertz CT molecular complexity index is 1240. The number of hydrogen-bond donors (Lipinski definition) is 2. The van der Waals surface area contributed by atoms with Crippen LogP contribution in [-0.4, -0.2) is 33.5 Å². The summed E-state index contributed by atoms with van der Waals surface area (Å²) < 4.78 is 20.3. The maximum absolute atomic E-state index is 13.3. The summed E-state index contributed by atoms with van der Waals surface area (Å²) in [4.78, 5) is 33.2. The highest BCUT2D eigenvalue weighted by Crippen LogP contribution is 2.30. The van der Waals surface area contributed by atoms with Crippen LogP contribution < -0.4 is 10.6 Å². The van der Waals surface area contributed by atoms with Crippen molar-refractivity contribution in [3.05, 3.63) is 84.3 Å². The Labute approximate surface area is 176 Å². The number of pyridine rings is 1. The van der Waals surface area contributed by atoms with Crippen molar-refractivity contribution in [3.63, 3.8) is 0 Å². The summed E-state index contributed by atoms with van der Waals surface area (Å²) in [6, 6.07) is 10.7. The molecule has 0 bridgehead atoms. The van der Waals surface area contributed by atoms with E-state index >= 15 is 0 Å². The lowest BCUT2D eigenvalue weighted by Gasteiger charge is -2.15. The van der Waals surface area contributed by atoms with Gasteiger partial charge in [0.05, 0.1) is 17.5 Å². The van der Waals surface area contributed by atoms with Gasteiger partial charge >= 0.3 is 5.97 Å². The molecule has 4 aromatic rings. The lowest BCUT2D eigenvalue weighted by atomic mass is 10.1. The molecular formula is C22H18FN5O3. The monoisotopic (exact) mass is 419 g/mol. The molecule has 0 atom stereocenters. The molecule has 0 saturated carbocycles. The lowest BCUT2D eigenvalue weighted by Crippen LogP contribution is -2.17. The number of imidazole rings is 1. The van der Waals surface area contributed by atoms with E-state index < -0.39 is 5.97 Å². The fraction of sp³-hybridized carbons (Fsp3) is 0.0909. The van der Waals surface area contributed by atoms with Crippen LogP contribution in [0.3, 0.4) is 0 Å². The summed E-state index contributed by atoms with van der Waals surface area (Å²) in [5.74, 6) is -1.27. The second kappa shape index (κ2) is 8.62. The van der Waals surface area contributed by atoms with E-state index in [4.69, 9.17) is 4.74 Å². The van der Waals surface area contributed by atoms with Crippen LogP contribution in [0.15, 0.2) is 67.4 Å². The molecule has 2 aromatic heterocycles. The van der Waals surface area contributed by atoms with Gasteiger partial charge in [-0.15, -0.1) is 0 Å². The van der Waals surface area contributed by atoms with E-state index in [-0.39, 0.29) is 24.0 Å². The molecule has 156 valence electrons. The van der Waals surface area contributed by atoms with E-state index in [9.17, 15) is 14.0 Å². The summed E-state index contributed by atoms with van der Waals surface area (Å²) in [5.41, 5.74) is 2.11. The van der Waals surface area contributed by atoms with Crippen LogP contribution in [0.1, 0.15) is 20.7 Å².